The zero-order chi connectivity index (χ0) is 19.2. The van der Waals surface area contributed by atoms with Crippen molar-refractivity contribution in [2.45, 2.75) is 19.8 Å². The lowest BCUT2D eigenvalue weighted by atomic mass is 9.96. The maximum absolute atomic E-state index is 12.3. The first kappa shape index (κ1) is 18.5. The SMILES string of the molecule is CC[C@@H](C#N)CC(=O)c1ccc(-c2nc(Nc3cn[nH]c3)ncc2Cl)cc1. The molecular weight excluding hydrogens is 364 g/mol. The van der Waals surface area contributed by atoms with E-state index in [0.717, 1.165) is 11.3 Å². The van der Waals surface area contributed by atoms with Gasteiger partial charge in [-0.15, -0.1) is 0 Å². The number of benzene rings is 1. The number of nitriles is 1. The number of H-pyrrole nitrogens is 1. The molecule has 0 fully saturated rings. The molecule has 0 aliphatic heterocycles. The van der Waals surface area contributed by atoms with Gasteiger partial charge in [-0.25, -0.2) is 9.97 Å². The van der Waals surface area contributed by atoms with E-state index in [4.69, 9.17) is 16.9 Å². The summed E-state index contributed by atoms with van der Waals surface area (Å²) in [6, 6.07) is 9.18. The van der Waals surface area contributed by atoms with Crippen molar-refractivity contribution in [3.63, 3.8) is 0 Å². The largest absolute Gasteiger partial charge is 0.321 e. The molecule has 0 saturated carbocycles. The van der Waals surface area contributed by atoms with Crippen LogP contribution < -0.4 is 5.32 Å². The van der Waals surface area contributed by atoms with Gasteiger partial charge in [0, 0.05) is 23.7 Å². The number of rotatable bonds is 7. The van der Waals surface area contributed by atoms with Crippen molar-refractivity contribution < 1.29 is 4.79 Å². The molecule has 0 radical (unpaired) electrons. The van der Waals surface area contributed by atoms with Gasteiger partial charge in [-0.1, -0.05) is 42.8 Å². The van der Waals surface area contributed by atoms with Gasteiger partial charge < -0.3 is 5.32 Å². The molecule has 0 saturated heterocycles. The molecule has 8 heteroatoms. The van der Waals surface area contributed by atoms with E-state index >= 15 is 0 Å². The third kappa shape index (κ3) is 4.49. The van der Waals surface area contributed by atoms with Crippen LogP contribution in [0.5, 0.6) is 0 Å². The Labute approximate surface area is 161 Å². The van der Waals surface area contributed by atoms with E-state index in [9.17, 15) is 4.79 Å². The van der Waals surface area contributed by atoms with Crippen LogP contribution in [0.3, 0.4) is 0 Å². The molecular formula is C19H17ClN6O. The minimum Gasteiger partial charge on any atom is -0.321 e. The summed E-state index contributed by atoms with van der Waals surface area (Å²) in [4.78, 5) is 20.9. The highest BCUT2D eigenvalue weighted by Gasteiger charge is 2.14. The zero-order valence-electron chi connectivity index (χ0n) is 14.6. The summed E-state index contributed by atoms with van der Waals surface area (Å²) in [6.45, 7) is 1.90. The van der Waals surface area contributed by atoms with Gasteiger partial charge in [-0.2, -0.15) is 10.4 Å². The van der Waals surface area contributed by atoms with E-state index in [-0.39, 0.29) is 18.1 Å². The summed E-state index contributed by atoms with van der Waals surface area (Å²) >= 11 is 6.25. The molecule has 3 aromatic rings. The van der Waals surface area contributed by atoms with E-state index in [0.29, 0.717) is 28.6 Å². The van der Waals surface area contributed by atoms with Crippen molar-refractivity contribution in [3.8, 4) is 17.3 Å². The quantitative estimate of drug-likeness (QED) is 0.588. The fourth-order valence-electron chi connectivity index (χ4n) is 2.52. The Morgan fingerprint density at radius 2 is 2.11 bits per heavy atom. The summed E-state index contributed by atoms with van der Waals surface area (Å²) in [5.74, 6) is 0.0758. The molecule has 0 unspecified atom stereocenters. The normalized spacial score (nSPS) is 11.6. The number of anilines is 2. The minimum absolute atomic E-state index is 0.0500. The van der Waals surface area contributed by atoms with Gasteiger partial charge in [0.1, 0.15) is 0 Å². The summed E-state index contributed by atoms with van der Waals surface area (Å²) in [5, 5.41) is 19.0. The smallest absolute Gasteiger partial charge is 0.227 e. The van der Waals surface area contributed by atoms with Crippen LogP contribution in [0.15, 0.2) is 42.9 Å². The van der Waals surface area contributed by atoms with Crippen molar-refractivity contribution in [3.05, 3.63) is 53.4 Å². The van der Waals surface area contributed by atoms with Crippen LogP contribution in [0.1, 0.15) is 30.1 Å². The molecule has 0 aliphatic rings. The number of carbonyl (C=O) groups is 1. The first-order valence-corrected chi connectivity index (χ1v) is 8.80. The number of Topliss-reactive ketones (excluding diaryl/α,β-unsaturated/α-hetero) is 1. The predicted octanol–water partition coefficient (Wildman–Crippen LogP) is 4.39. The molecule has 0 aliphatic carbocycles. The van der Waals surface area contributed by atoms with Crippen LogP contribution in [0.4, 0.5) is 11.6 Å². The lowest BCUT2D eigenvalue weighted by Gasteiger charge is -2.08. The molecule has 0 amide bonds. The van der Waals surface area contributed by atoms with Crippen molar-refractivity contribution in [2.75, 3.05) is 5.32 Å². The number of hydrogen-bond acceptors (Lipinski definition) is 6. The number of aromatic nitrogens is 4. The van der Waals surface area contributed by atoms with Crippen molar-refractivity contribution in [1.29, 1.82) is 5.26 Å². The Morgan fingerprint density at radius 1 is 1.33 bits per heavy atom. The van der Waals surface area contributed by atoms with E-state index in [2.05, 4.69) is 31.6 Å². The Morgan fingerprint density at radius 3 is 2.74 bits per heavy atom. The number of ketones is 1. The Balaban J connectivity index is 1.80. The molecule has 27 heavy (non-hydrogen) atoms. The summed E-state index contributed by atoms with van der Waals surface area (Å²) in [7, 11) is 0. The van der Waals surface area contributed by atoms with Crippen LogP contribution in [0.2, 0.25) is 5.02 Å². The lowest BCUT2D eigenvalue weighted by molar-refractivity contribution is 0.0969. The van der Waals surface area contributed by atoms with Gasteiger partial charge in [0.2, 0.25) is 5.95 Å². The highest BCUT2D eigenvalue weighted by Crippen LogP contribution is 2.27. The van der Waals surface area contributed by atoms with Gasteiger partial charge in [0.15, 0.2) is 5.78 Å². The van der Waals surface area contributed by atoms with Gasteiger partial charge in [0.05, 0.1) is 40.8 Å². The van der Waals surface area contributed by atoms with E-state index < -0.39 is 0 Å². The predicted molar refractivity (Wildman–Crippen MR) is 103 cm³/mol. The second kappa shape index (κ2) is 8.43. The highest BCUT2D eigenvalue weighted by molar-refractivity contribution is 6.32. The van der Waals surface area contributed by atoms with Crippen LogP contribution >= 0.6 is 11.6 Å². The van der Waals surface area contributed by atoms with Crippen LogP contribution in [-0.2, 0) is 0 Å². The zero-order valence-corrected chi connectivity index (χ0v) is 15.4. The van der Waals surface area contributed by atoms with E-state index in [1.54, 1.807) is 36.7 Å². The number of carbonyl (C=O) groups excluding carboxylic acids is 1. The fraction of sp³-hybridized carbons (Fsp3) is 0.211. The maximum Gasteiger partial charge on any atom is 0.227 e. The summed E-state index contributed by atoms with van der Waals surface area (Å²) in [5.41, 5.74) is 2.61. The number of nitrogens with zero attached hydrogens (tertiary/aromatic N) is 4. The number of nitrogens with one attached hydrogen (secondary N) is 2. The molecule has 2 heterocycles. The van der Waals surface area contributed by atoms with Gasteiger partial charge in [-0.05, 0) is 6.42 Å². The summed E-state index contributed by atoms with van der Waals surface area (Å²) < 4.78 is 0. The Kier molecular flexibility index (Phi) is 5.79. The Bertz CT molecular complexity index is 963. The molecule has 2 N–H and O–H groups in total. The van der Waals surface area contributed by atoms with Crippen molar-refractivity contribution in [1.82, 2.24) is 20.2 Å². The molecule has 136 valence electrons. The Hall–Kier alpha value is -3.24. The van der Waals surface area contributed by atoms with E-state index in [1.807, 2.05) is 6.92 Å². The average molecular weight is 381 g/mol. The number of aromatic amines is 1. The third-order valence-electron chi connectivity index (χ3n) is 4.09. The topological polar surface area (TPSA) is 107 Å². The van der Waals surface area contributed by atoms with E-state index in [1.165, 1.54) is 6.20 Å². The van der Waals surface area contributed by atoms with Gasteiger partial charge >= 0.3 is 0 Å². The third-order valence-corrected chi connectivity index (χ3v) is 4.36. The molecule has 0 spiro atoms. The second-order valence-electron chi connectivity index (χ2n) is 5.94. The van der Waals surface area contributed by atoms with Crippen LogP contribution in [-0.4, -0.2) is 25.9 Å². The second-order valence-corrected chi connectivity index (χ2v) is 6.35. The first-order valence-electron chi connectivity index (χ1n) is 8.42. The number of halogens is 1. The first-order chi connectivity index (χ1) is 13.1. The molecule has 2 aromatic heterocycles. The fourth-order valence-corrected chi connectivity index (χ4v) is 2.72. The molecule has 3 rings (SSSR count). The van der Waals surface area contributed by atoms with Gasteiger partial charge in [0.25, 0.3) is 0 Å². The van der Waals surface area contributed by atoms with Crippen molar-refractivity contribution in [2.24, 2.45) is 5.92 Å². The molecule has 1 aromatic carbocycles. The van der Waals surface area contributed by atoms with Gasteiger partial charge in [-0.3, -0.25) is 9.89 Å². The standard InChI is InChI=1S/C19H17ClN6O/c1-2-12(8-21)7-17(27)13-3-5-14(6-4-13)18-16(20)11-22-19(26-18)25-15-9-23-24-10-15/h3-6,9-12H,2,7H2,1H3,(H,23,24)(H,22,25,26)/t12-/m1/s1. The maximum atomic E-state index is 12.3. The van der Waals surface area contributed by atoms with Crippen molar-refractivity contribution >= 4 is 29.0 Å². The highest BCUT2D eigenvalue weighted by atomic mass is 35.5. The van der Waals surface area contributed by atoms with Crippen LogP contribution in [0.25, 0.3) is 11.3 Å². The lowest BCUT2D eigenvalue weighted by Crippen LogP contribution is -2.06. The summed E-state index contributed by atoms with van der Waals surface area (Å²) in [6.07, 6.45) is 5.69. The molecule has 7 nitrogen and oxygen atoms in total. The molecule has 0 bridgehead atoms. The number of hydrogen-bond donors (Lipinski definition) is 2. The molecule has 1 atom stereocenters. The average Bonchev–Trinajstić information content (AvgIpc) is 3.20. The van der Waals surface area contributed by atoms with Crippen LogP contribution in [0, 0.1) is 17.2 Å². The minimum atomic E-state index is -0.259. The monoisotopic (exact) mass is 380 g/mol.